The smallest absolute Gasteiger partial charge is 0.264 e. The van der Waals surface area contributed by atoms with Gasteiger partial charge in [-0.15, -0.1) is 0 Å². The van der Waals surface area contributed by atoms with E-state index < -0.39 is 17.6 Å². The van der Waals surface area contributed by atoms with Crippen LogP contribution in [0.2, 0.25) is 0 Å². The number of nitrogens with one attached hydrogen (secondary N) is 1. The van der Waals surface area contributed by atoms with Crippen LogP contribution >= 0.6 is 0 Å². The molecule has 1 N–H and O–H groups in total. The van der Waals surface area contributed by atoms with E-state index in [2.05, 4.69) is 5.32 Å². The Morgan fingerprint density at radius 3 is 2.48 bits per heavy atom. The monoisotopic (exact) mass is 342 g/mol. The average molecular weight is 342 g/mol. The highest BCUT2D eigenvalue weighted by Crippen LogP contribution is 2.25. The van der Waals surface area contributed by atoms with Crippen molar-refractivity contribution in [1.29, 1.82) is 0 Å². The fourth-order valence-electron chi connectivity index (χ4n) is 2.61. The number of benzene rings is 2. The molecular weight excluding hydrogens is 327 g/mol. The molecule has 2 aromatic carbocycles. The Hall–Kier alpha value is -3.22. The number of hydrogen-bond donors (Lipinski definition) is 1. The van der Waals surface area contributed by atoms with Crippen LogP contribution in [-0.4, -0.2) is 36.3 Å². The van der Waals surface area contributed by atoms with Gasteiger partial charge in [0.05, 0.1) is 18.2 Å². The first kappa shape index (κ1) is 16.6. The first-order valence-corrected chi connectivity index (χ1v) is 7.60. The van der Waals surface area contributed by atoms with Crippen LogP contribution in [0, 0.1) is 5.82 Å². The summed E-state index contributed by atoms with van der Waals surface area (Å²) >= 11 is 0. The number of imide groups is 1. The number of carbonyl (C=O) groups excluding carboxylic acids is 3. The highest BCUT2D eigenvalue weighted by molar-refractivity contribution is 6.21. The van der Waals surface area contributed by atoms with Crippen LogP contribution < -0.4 is 10.1 Å². The molecule has 0 spiro atoms. The molecule has 0 aliphatic carbocycles. The number of methoxy groups -OCH3 is 1. The average Bonchev–Trinajstić information content (AvgIpc) is 2.86. The molecule has 0 bridgehead atoms. The summed E-state index contributed by atoms with van der Waals surface area (Å²) in [6.07, 6.45) is -0.0842. The summed E-state index contributed by atoms with van der Waals surface area (Å²) in [6, 6.07) is 10.6. The van der Waals surface area contributed by atoms with Crippen LogP contribution in [0.5, 0.6) is 5.75 Å². The number of fused-ring (bicyclic) bond motifs is 1. The number of ether oxygens (including phenoxy) is 1. The molecule has 128 valence electrons. The Labute approximate surface area is 143 Å². The lowest BCUT2D eigenvalue weighted by Gasteiger charge is -2.13. The minimum Gasteiger partial charge on any atom is -0.497 e. The van der Waals surface area contributed by atoms with Crippen molar-refractivity contribution in [2.45, 2.75) is 6.42 Å². The van der Waals surface area contributed by atoms with Crippen LogP contribution in [0.15, 0.2) is 42.5 Å². The summed E-state index contributed by atoms with van der Waals surface area (Å²) in [5, 5.41) is 2.66. The molecule has 0 unspecified atom stereocenters. The molecule has 0 aromatic heterocycles. The van der Waals surface area contributed by atoms with Gasteiger partial charge in [-0.3, -0.25) is 19.3 Å². The second kappa shape index (κ2) is 6.72. The maximum atomic E-state index is 13.7. The Morgan fingerprint density at radius 2 is 1.84 bits per heavy atom. The van der Waals surface area contributed by atoms with Crippen molar-refractivity contribution in [3.05, 3.63) is 59.4 Å². The highest BCUT2D eigenvalue weighted by Gasteiger charge is 2.37. The predicted molar refractivity (Wildman–Crippen MR) is 88.0 cm³/mol. The summed E-state index contributed by atoms with van der Waals surface area (Å²) in [7, 11) is 1.54. The summed E-state index contributed by atoms with van der Waals surface area (Å²) in [4.78, 5) is 37.3. The van der Waals surface area contributed by atoms with E-state index in [9.17, 15) is 18.8 Å². The van der Waals surface area contributed by atoms with Gasteiger partial charge in [0.1, 0.15) is 11.6 Å². The molecule has 1 aliphatic heterocycles. The zero-order valence-electron chi connectivity index (χ0n) is 13.4. The lowest BCUT2D eigenvalue weighted by molar-refractivity contribution is -0.116. The molecular formula is C18H15FN2O4. The molecule has 0 fully saturated rings. The summed E-state index contributed by atoms with van der Waals surface area (Å²) in [5.41, 5.74) is 0.364. The van der Waals surface area contributed by atoms with Crippen molar-refractivity contribution in [3.63, 3.8) is 0 Å². The zero-order chi connectivity index (χ0) is 18.0. The largest absolute Gasteiger partial charge is 0.497 e. The molecule has 2 aromatic rings. The van der Waals surface area contributed by atoms with E-state index in [4.69, 9.17) is 4.74 Å². The van der Waals surface area contributed by atoms with Crippen molar-refractivity contribution in [1.82, 2.24) is 4.90 Å². The van der Waals surface area contributed by atoms with Crippen LogP contribution in [0.25, 0.3) is 0 Å². The van der Waals surface area contributed by atoms with Crippen molar-refractivity contribution >= 4 is 23.4 Å². The van der Waals surface area contributed by atoms with Gasteiger partial charge in [-0.2, -0.15) is 0 Å². The Morgan fingerprint density at radius 1 is 1.12 bits per heavy atom. The van der Waals surface area contributed by atoms with Crippen molar-refractivity contribution in [2.75, 3.05) is 19.0 Å². The number of rotatable bonds is 5. The summed E-state index contributed by atoms with van der Waals surface area (Å²) < 4.78 is 18.8. The minimum atomic E-state index is -0.735. The molecule has 7 heteroatoms. The first-order chi connectivity index (χ1) is 12.0. The highest BCUT2D eigenvalue weighted by atomic mass is 19.1. The van der Waals surface area contributed by atoms with E-state index in [1.165, 1.54) is 12.1 Å². The second-order valence-corrected chi connectivity index (χ2v) is 5.45. The molecule has 3 amide bonds. The topological polar surface area (TPSA) is 75.7 Å². The van der Waals surface area contributed by atoms with Crippen LogP contribution in [-0.2, 0) is 4.79 Å². The van der Waals surface area contributed by atoms with Crippen molar-refractivity contribution in [3.8, 4) is 5.75 Å². The first-order valence-electron chi connectivity index (χ1n) is 7.60. The van der Waals surface area contributed by atoms with E-state index in [1.54, 1.807) is 31.4 Å². The molecule has 0 saturated heterocycles. The van der Waals surface area contributed by atoms with E-state index >= 15 is 0 Å². The molecule has 1 aliphatic rings. The van der Waals surface area contributed by atoms with Crippen LogP contribution in [0.3, 0.4) is 0 Å². The van der Waals surface area contributed by atoms with Gasteiger partial charge >= 0.3 is 0 Å². The van der Waals surface area contributed by atoms with Gasteiger partial charge in [-0.1, -0.05) is 6.07 Å². The third-order valence-corrected chi connectivity index (χ3v) is 3.88. The standard InChI is InChI=1S/C18H15FN2O4/c1-25-12-7-5-11(6-8-12)20-15(22)9-10-21-17(23)13-3-2-4-14(19)16(13)18(21)24/h2-8H,9-10H2,1H3,(H,20,22). The van der Waals surface area contributed by atoms with Gasteiger partial charge in [0.25, 0.3) is 11.8 Å². The number of carbonyl (C=O) groups is 3. The fraction of sp³-hybridized carbons (Fsp3) is 0.167. The van der Waals surface area contributed by atoms with Gasteiger partial charge in [0, 0.05) is 18.7 Å². The molecule has 0 saturated carbocycles. The molecule has 3 rings (SSSR count). The molecule has 1 heterocycles. The predicted octanol–water partition coefficient (Wildman–Crippen LogP) is 2.46. The summed E-state index contributed by atoms with van der Waals surface area (Å²) in [6.45, 7) is -0.117. The number of hydrogen-bond acceptors (Lipinski definition) is 4. The minimum absolute atomic E-state index is 0.0283. The fourth-order valence-corrected chi connectivity index (χ4v) is 2.61. The van der Waals surface area contributed by atoms with E-state index in [-0.39, 0.29) is 30.0 Å². The van der Waals surface area contributed by atoms with Gasteiger partial charge in [-0.05, 0) is 36.4 Å². The normalized spacial score (nSPS) is 13.0. The van der Waals surface area contributed by atoms with Crippen LogP contribution in [0.1, 0.15) is 27.1 Å². The number of anilines is 1. The van der Waals surface area contributed by atoms with Gasteiger partial charge in [0.2, 0.25) is 5.91 Å². The Kier molecular flexibility index (Phi) is 4.47. The van der Waals surface area contributed by atoms with Gasteiger partial charge < -0.3 is 10.1 Å². The number of nitrogens with zero attached hydrogens (tertiary/aromatic N) is 1. The molecule has 6 nitrogen and oxygen atoms in total. The van der Waals surface area contributed by atoms with E-state index in [1.807, 2.05) is 0 Å². The Bertz CT molecular complexity index is 849. The quantitative estimate of drug-likeness (QED) is 0.847. The molecule has 0 radical (unpaired) electrons. The lowest BCUT2D eigenvalue weighted by atomic mass is 10.1. The third kappa shape index (κ3) is 3.21. The second-order valence-electron chi connectivity index (χ2n) is 5.45. The van der Waals surface area contributed by atoms with Gasteiger partial charge in [-0.25, -0.2) is 4.39 Å². The Balaban J connectivity index is 1.62. The zero-order valence-corrected chi connectivity index (χ0v) is 13.4. The summed E-state index contributed by atoms with van der Waals surface area (Å²) in [5.74, 6) is -1.73. The van der Waals surface area contributed by atoms with Crippen molar-refractivity contribution in [2.24, 2.45) is 0 Å². The molecule has 0 atom stereocenters. The molecule has 25 heavy (non-hydrogen) atoms. The van der Waals surface area contributed by atoms with Crippen LogP contribution in [0.4, 0.5) is 10.1 Å². The SMILES string of the molecule is COc1ccc(NC(=O)CCN2C(=O)c3cccc(F)c3C2=O)cc1. The number of amides is 3. The van der Waals surface area contributed by atoms with E-state index in [0.717, 1.165) is 11.0 Å². The maximum absolute atomic E-state index is 13.7. The third-order valence-electron chi connectivity index (χ3n) is 3.88. The van der Waals surface area contributed by atoms with Crippen molar-refractivity contribution < 1.29 is 23.5 Å². The maximum Gasteiger partial charge on any atom is 0.264 e. The van der Waals surface area contributed by atoms with Gasteiger partial charge in [0.15, 0.2) is 0 Å². The van der Waals surface area contributed by atoms with E-state index in [0.29, 0.717) is 11.4 Å². The lowest BCUT2D eigenvalue weighted by Crippen LogP contribution is -2.33. The number of halogens is 1.